The van der Waals surface area contributed by atoms with Crippen molar-refractivity contribution in [3.05, 3.63) is 35.9 Å². The monoisotopic (exact) mass is 221 g/mol. The number of carbonyl (C=O) groups is 1. The van der Waals surface area contributed by atoms with Gasteiger partial charge in [0.2, 0.25) is 5.91 Å². The van der Waals surface area contributed by atoms with E-state index < -0.39 is 0 Å². The maximum atomic E-state index is 11.1. The molecule has 0 spiro atoms. The lowest BCUT2D eigenvalue weighted by atomic mass is 9.90. The summed E-state index contributed by atoms with van der Waals surface area (Å²) < 4.78 is 0. The van der Waals surface area contributed by atoms with Gasteiger partial charge in [-0.2, -0.15) is 0 Å². The number of hydrogen-bond acceptors (Lipinski definition) is 2. The number of hydrogen-bond donors (Lipinski definition) is 2. The topological polar surface area (TPSA) is 49.3 Å². The van der Waals surface area contributed by atoms with Crippen molar-refractivity contribution in [2.24, 2.45) is 0 Å². The molecule has 0 aromatic heterocycles. The number of carbonyl (C=O) groups excluding carboxylic acids is 1. The van der Waals surface area contributed by atoms with Gasteiger partial charge in [0.05, 0.1) is 0 Å². The third kappa shape index (κ3) is 4.03. The summed E-state index contributed by atoms with van der Waals surface area (Å²) in [6.45, 7) is 2.75. The predicted molar refractivity (Wildman–Crippen MR) is 64.2 cm³/mol. The molecule has 16 heavy (non-hydrogen) atoms. The van der Waals surface area contributed by atoms with E-state index in [0.29, 0.717) is 12.3 Å². The van der Waals surface area contributed by atoms with E-state index in [-0.39, 0.29) is 12.5 Å². The van der Waals surface area contributed by atoms with Crippen molar-refractivity contribution < 1.29 is 9.90 Å². The summed E-state index contributed by atoms with van der Waals surface area (Å²) >= 11 is 0. The van der Waals surface area contributed by atoms with Crippen LogP contribution in [-0.4, -0.2) is 24.2 Å². The first-order chi connectivity index (χ1) is 7.77. The number of aliphatic hydroxyl groups excluding tert-OH is 1. The Hall–Kier alpha value is -1.35. The lowest BCUT2D eigenvalue weighted by Gasteiger charge is -2.22. The second-order valence-corrected chi connectivity index (χ2v) is 3.77. The molecule has 1 atom stereocenters. The van der Waals surface area contributed by atoms with Gasteiger partial charge in [0.15, 0.2) is 0 Å². The van der Waals surface area contributed by atoms with Crippen LogP contribution in [0.2, 0.25) is 0 Å². The number of piperidine rings is 1. The highest BCUT2D eigenvalue weighted by atomic mass is 16.2. The summed E-state index contributed by atoms with van der Waals surface area (Å²) in [5.74, 6) is 0.607. The third-order valence-corrected chi connectivity index (χ3v) is 2.52. The van der Waals surface area contributed by atoms with Crippen LogP contribution >= 0.6 is 0 Å². The average Bonchev–Trinajstić information content (AvgIpc) is 2.31. The number of benzene rings is 1. The van der Waals surface area contributed by atoms with Crippen LogP contribution in [0.25, 0.3) is 0 Å². The molecule has 1 aromatic carbocycles. The Labute approximate surface area is 96.5 Å². The quantitative estimate of drug-likeness (QED) is 0.758. The third-order valence-electron chi connectivity index (χ3n) is 2.52. The van der Waals surface area contributed by atoms with Gasteiger partial charge in [0.25, 0.3) is 0 Å². The van der Waals surface area contributed by atoms with Crippen LogP contribution in [0.1, 0.15) is 31.2 Å². The minimum atomic E-state index is 0.181. The van der Waals surface area contributed by atoms with Gasteiger partial charge in [-0.25, -0.2) is 0 Å². The van der Waals surface area contributed by atoms with E-state index in [1.807, 2.05) is 18.2 Å². The van der Waals surface area contributed by atoms with Crippen LogP contribution < -0.4 is 5.32 Å². The second kappa shape index (κ2) is 7.01. The molecule has 0 bridgehead atoms. The van der Waals surface area contributed by atoms with Crippen LogP contribution in [0.5, 0.6) is 0 Å². The Morgan fingerprint density at radius 2 is 2.00 bits per heavy atom. The maximum Gasteiger partial charge on any atom is 0.220 e. The fourth-order valence-electron chi connectivity index (χ4n) is 1.79. The normalized spacial score (nSPS) is 19.4. The Morgan fingerprint density at radius 3 is 2.56 bits per heavy atom. The molecule has 2 rings (SSSR count). The number of nitrogens with one attached hydrogen (secondary N) is 1. The van der Waals surface area contributed by atoms with Crippen molar-refractivity contribution in [1.82, 2.24) is 5.32 Å². The first-order valence-electron chi connectivity index (χ1n) is 5.70. The molecule has 1 heterocycles. The summed E-state index contributed by atoms with van der Waals surface area (Å²) in [6.07, 6.45) is 1.71. The van der Waals surface area contributed by atoms with Crippen molar-refractivity contribution in [3.63, 3.8) is 0 Å². The summed E-state index contributed by atoms with van der Waals surface area (Å²) in [4.78, 5) is 11.1. The summed E-state index contributed by atoms with van der Waals surface area (Å²) in [7, 11) is 0. The van der Waals surface area contributed by atoms with E-state index in [0.717, 1.165) is 13.0 Å². The molecule has 1 unspecified atom stereocenters. The SMILES string of the molecule is CCO.O=C1CC(c2ccccc2)CCN1. The highest BCUT2D eigenvalue weighted by Gasteiger charge is 2.19. The molecule has 1 aliphatic rings. The van der Waals surface area contributed by atoms with Gasteiger partial charge in [-0.1, -0.05) is 30.3 Å². The molecule has 3 heteroatoms. The zero-order chi connectivity index (χ0) is 11.8. The van der Waals surface area contributed by atoms with Crippen molar-refractivity contribution in [3.8, 4) is 0 Å². The van der Waals surface area contributed by atoms with Crippen LogP contribution in [-0.2, 0) is 4.79 Å². The van der Waals surface area contributed by atoms with Gasteiger partial charge in [0, 0.05) is 19.6 Å². The number of aliphatic hydroxyl groups is 1. The number of rotatable bonds is 1. The van der Waals surface area contributed by atoms with E-state index in [1.165, 1.54) is 5.56 Å². The molecule has 3 nitrogen and oxygen atoms in total. The largest absolute Gasteiger partial charge is 0.397 e. The minimum Gasteiger partial charge on any atom is -0.397 e. The Balaban J connectivity index is 0.000000386. The van der Waals surface area contributed by atoms with Crippen molar-refractivity contribution >= 4 is 5.91 Å². The van der Waals surface area contributed by atoms with Crippen LogP contribution in [0.4, 0.5) is 0 Å². The predicted octanol–water partition coefficient (Wildman–Crippen LogP) is 1.68. The molecule has 1 aromatic rings. The first-order valence-corrected chi connectivity index (χ1v) is 5.70. The lowest BCUT2D eigenvalue weighted by molar-refractivity contribution is -0.122. The molecule has 1 amide bonds. The van der Waals surface area contributed by atoms with Gasteiger partial charge >= 0.3 is 0 Å². The van der Waals surface area contributed by atoms with Gasteiger partial charge in [-0.15, -0.1) is 0 Å². The fourth-order valence-corrected chi connectivity index (χ4v) is 1.79. The Morgan fingerprint density at radius 1 is 1.38 bits per heavy atom. The van der Waals surface area contributed by atoms with Crippen molar-refractivity contribution in [2.45, 2.75) is 25.7 Å². The molecular formula is C13H19NO2. The average molecular weight is 221 g/mol. The molecule has 0 radical (unpaired) electrons. The Bertz CT molecular complexity index is 311. The fraction of sp³-hybridized carbons (Fsp3) is 0.462. The molecule has 0 saturated carbocycles. The minimum absolute atomic E-state index is 0.181. The maximum absolute atomic E-state index is 11.1. The molecular weight excluding hydrogens is 202 g/mol. The van der Waals surface area contributed by atoms with E-state index >= 15 is 0 Å². The molecule has 1 saturated heterocycles. The van der Waals surface area contributed by atoms with E-state index in [4.69, 9.17) is 5.11 Å². The molecule has 0 aliphatic carbocycles. The molecule has 1 fully saturated rings. The highest BCUT2D eigenvalue weighted by Crippen LogP contribution is 2.24. The first kappa shape index (κ1) is 12.7. The molecule has 88 valence electrons. The molecule has 1 aliphatic heterocycles. The Kier molecular flexibility index (Phi) is 5.57. The van der Waals surface area contributed by atoms with E-state index in [1.54, 1.807) is 6.92 Å². The smallest absolute Gasteiger partial charge is 0.220 e. The lowest BCUT2D eigenvalue weighted by Crippen LogP contribution is -2.32. The molecule has 2 N–H and O–H groups in total. The van der Waals surface area contributed by atoms with Crippen LogP contribution in [0.3, 0.4) is 0 Å². The summed E-state index contributed by atoms with van der Waals surface area (Å²) in [5, 5.41) is 10.4. The summed E-state index contributed by atoms with van der Waals surface area (Å²) in [6, 6.07) is 10.3. The van der Waals surface area contributed by atoms with Crippen molar-refractivity contribution in [2.75, 3.05) is 13.2 Å². The zero-order valence-corrected chi connectivity index (χ0v) is 9.65. The van der Waals surface area contributed by atoms with Crippen LogP contribution in [0, 0.1) is 0 Å². The van der Waals surface area contributed by atoms with Gasteiger partial charge < -0.3 is 10.4 Å². The number of amides is 1. The summed E-state index contributed by atoms with van der Waals surface area (Å²) in [5.41, 5.74) is 1.29. The van der Waals surface area contributed by atoms with Crippen LogP contribution in [0.15, 0.2) is 30.3 Å². The van der Waals surface area contributed by atoms with Gasteiger partial charge in [-0.05, 0) is 24.8 Å². The van der Waals surface area contributed by atoms with E-state index in [9.17, 15) is 4.79 Å². The van der Waals surface area contributed by atoms with Gasteiger partial charge in [0.1, 0.15) is 0 Å². The highest BCUT2D eigenvalue weighted by molar-refractivity contribution is 5.77. The standard InChI is InChI=1S/C11H13NO.C2H6O/c13-11-8-10(6-7-12-11)9-4-2-1-3-5-9;1-2-3/h1-5,10H,6-8H2,(H,12,13);3H,2H2,1H3. The van der Waals surface area contributed by atoms with E-state index in [2.05, 4.69) is 17.4 Å². The van der Waals surface area contributed by atoms with Gasteiger partial charge in [-0.3, -0.25) is 4.79 Å². The second-order valence-electron chi connectivity index (χ2n) is 3.77. The van der Waals surface area contributed by atoms with Crippen molar-refractivity contribution in [1.29, 1.82) is 0 Å². The zero-order valence-electron chi connectivity index (χ0n) is 9.65.